The van der Waals surface area contributed by atoms with E-state index in [1.807, 2.05) is 6.08 Å². The van der Waals surface area contributed by atoms with Crippen LogP contribution in [0.4, 0.5) is 0 Å². The van der Waals surface area contributed by atoms with E-state index >= 15 is 0 Å². The Kier molecular flexibility index (Phi) is 4.30. The van der Waals surface area contributed by atoms with Gasteiger partial charge < -0.3 is 14.9 Å². The van der Waals surface area contributed by atoms with Crippen LogP contribution in [0.2, 0.25) is 0 Å². The quantitative estimate of drug-likeness (QED) is 0.791. The van der Waals surface area contributed by atoms with Crippen LogP contribution in [0, 0.1) is 28.6 Å². The number of aliphatic hydroxyl groups is 2. The van der Waals surface area contributed by atoms with Crippen molar-refractivity contribution in [3.63, 3.8) is 0 Å². The smallest absolute Gasteiger partial charge is 0.190 e. The number of ketones is 2. The number of carbonyl (C=O) groups excluding carboxylic acids is 2. The lowest BCUT2D eigenvalue weighted by Gasteiger charge is -2.60. The summed E-state index contributed by atoms with van der Waals surface area (Å²) >= 11 is 0. The molecule has 5 nitrogen and oxygen atoms in total. The highest BCUT2D eigenvalue weighted by Crippen LogP contribution is 2.67. The lowest BCUT2D eigenvalue weighted by Crippen LogP contribution is -2.62. The maximum Gasteiger partial charge on any atom is 0.190 e. The predicted molar refractivity (Wildman–Crippen MR) is 99.8 cm³/mol. The summed E-state index contributed by atoms with van der Waals surface area (Å²) in [5.74, 6) is 0.320. The van der Waals surface area contributed by atoms with Crippen molar-refractivity contribution in [3.8, 4) is 0 Å². The lowest BCUT2D eigenvalue weighted by molar-refractivity contribution is -0.186. The van der Waals surface area contributed by atoms with Crippen molar-refractivity contribution < 1.29 is 24.5 Å². The zero-order valence-corrected chi connectivity index (χ0v) is 16.4. The normalized spacial score (nSPS) is 48.5. The summed E-state index contributed by atoms with van der Waals surface area (Å²) in [4.78, 5) is 24.6. The molecule has 0 radical (unpaired) electrons. The third-order valence-corrected chi connectivity index (χ3v) is 8.56. The molecule has 0 spiro atoms. The highest BCUT2D eigenvalue weighted by molar-refractivity contribution is 6.01. The van der Waals surface area contributed by atoms with E-state index in [2.05, 4.69) is 13.8 Å². The highest BCUT2D eigenvalue weighted by Gasteiger charge is 2.68. The Labute approximate surface area is 160 Å². The number of fused-ring (bicyclic) bond motifs is 5. The van der Waals surface area contributed by atoms with Gasteiger partial charge in [0.15, 0.2) is 11.6 Å². The molecule has 7 atom stereocenters. The minimum absolute atomic E-state index is 0.0314. The first-order valence-corrected chi connectivity index (χ1v) is 10.0. The van der Waals surface area contributed by atoms with Gasteiger partial charge in [0.2, 0.25) is 0 Å². The summed E-state index contributed by atoms with van der Waals surface area (Å²) in [5, 5.41) is 20.9. The van der Waals surface area contributed by atoms with Gasteiger partial charge in [-0.2, -0.15) is 0 Å². The van der Waals surface area contributed by atoms with Crippen molar-refractivity contribution in [2.75, 3.05) is 13.7 Å². The number of ether oxygens (including phenoxy) is 1. The molecule has 5 heteroatoms. The van der Waals surface area contributed by atoms with Crippen molar-refractivity contribution >= 4 is 11.6 Å². The van der Waals surface area contributed by atoms with Gasteiger partial charge in [0, 0.05) is 23.9 Å². The number of hydrogen-bond donors (Lipinski definition) is 2. The first kappa shape index (κ1) is 19.0. The number of rotatable bonds is 3. The van der Waals surface area contributed by atoms with Crippen molar-refractivity contribution in [2.45, 2.75) is 57.7 Å². The molecule has 0 amide bonds. The molecule has 4 aliphatic carbocycles. The minimum Gasteiger partial charge on any atom is -0.393 e. The Morgan fingerprint density at radius 3 is 2.74 bits per heavy atom. The molecular weight excluding hydrogens is 344 g/mol. The Morgan fingerprint density at radius 2 is 2.07 bits per heavy atom. The van der Waals surface area contributed by atoms with Crippen LogP contribution in [0.5, 0.6) is 0 Å². The molecule has 3 saturated carbocycles. The summed E-state index contributed by atoms with van der Waals surface area (Å²) in [6.07, 6.45) is 8.49. The van der Waals surface area contributed by atoms with Crippen LogP contribution in [-0.2, 0) is 14.3 Å². The zero-order valence-electron chi connectivity index (χ0n) is 16.4. The summed E-state index contributed by atoms with van der Waals surface area (Å²) in [7, 11) is 1.55. The van der Waals surface area contributed by atoms with Gasteiger partial charge in [0.1, 0.15) is 12.2 Å². The maximum absolute atomic E-state index is 12.7. The molecule has 2 N–H and O–H groups in total. The Bertz CT molecular complexity index is 739. The molecule has 0 saturated heterocycles. The summed E-state index contributed by atoms with van der Waals surface area (Å²) in [6.45, 7) is 3.67. The number of aliphatic hydroxyl groups excluding tert-OH is 2. The van der Waals surface area contributed by atoms with E-state index < -0.39 is 23.7 Å². The van der Waals surface area contributed by atoms with Crippen LogP contribution >= 0.6 is 0 Å². The van der Waals surface area contributed by atoms with Gasteiger partial charge in [-0.15, -0.1) is 0 Å². The molecular formula is C22H30O5. The van der Waals surface area contributed by atoms with Crippen LogP contribution < -0.4 is 0 Å². The van der Waals surface area contributed by atoms with E-state index in [0.717, 1.165) is 24.8 Å². The van der Waals surface area contributed by atoms with E-state index in [0.29, 0.717) is 12.8 Å². The van der Waals surface area contributed by atoms with Crippen LogP contribution in [0.25, 0.3) is 0 Å². The van der Waals surface area contributed by atoms with E-state index in [4.69, 9.17) is 4.74 Å². The maximum atomic E-state index is 12.7. The third-order valence-electron chi connectivity index (χ3n) is 8.56. The number of Topliss-reactive ketones (excluding diaryl/α,β-unsaturated/α-hetero) is 1. The second-order valence-corrected chi connectivity index (χ2v) is 9.36. The molecule has 0 aromatic carbocycles. The second-order valence-electron chi connectivity index (χ2n) is 9.36. The van der Waals surface area contributed by atoms with Crippen molar-refractivity contribution in [1.29, 1.82) is 0 Å². The fraction of sp³-hybridized carbons (Fsp3) is 0.727. The van der Waals surface area contributed by atoms with Gasteiger partial charge in [-0.1, -0.05) is 25.5 Å². The van der Waals surface area contributed by atoms with Crippen molar-refractivity contribution in [2.24, 2.45) is 28.6 Å². The zero-order chi connectivity index (χ0) is 19.6. The van der Waals surface area contributed by atoms with Crippen molar-refractivity contribution in [3.05, 3.63) is 23.8 Å². The lowest BCUT2D eigenvalue weighted by atomic mass is 9.46. The van der Waals surface area contributed by atoms with Crippen LogP contribution in [-0.4, -0.2) is 47.2 Å². The molecule has 148 valence electrons. The first-order chi connectivity index (χ1) is 12.7. The van der Waals surface area contributed by atoms with E-state index in [1.165, 1.54) is 0 Å². The fourth-order valence-electron chi connectivity index (χ4n) is 7.35. The average Bonchev–Trinajstić information content (AvgIpc) is 2.94. The molecule has 3 fully saturated rings. The molecule has 4 rings (SSSR count). The molecule has 27 heavy (non-hydrogen) atoms. The van der Waals surface area contributed by atoms with Gasteiger partial charge in [-0.25, -0.2) is 0 Å². The Hall–Kier alpha value is -1.30. The average molecular weight is 374 g/mol. The largest absolute Gasteiger partial charge is 0.393 e. The van der Waals surface area contributed by atoms with Crippen molar-refractivity contribution in [1.82, 2.24) is 0 Å². The molecule has 0 unspecified atom stereocenters. The van der Waals surface area contributed by atoms with Gasteiger partial charge in [-0.05, 0) is 56.1 Å². The Morgan fingerprint density at radius 1 is 1.33 bits per heavy atom. The molecule has 4 aliphatic rings. The van der Waals surface area contributed by atoms with Crippen LogP contribution in [0.15, 0.2) is 23.8 Å². The molecule has 0 aliphatic heterocycles. The number of hydrogen-bond acceptors (Lipinski definition) is 5. The van der Waals surface area contributed by atoms with Gasteiger partial charge >= 0.3 is 0 Å². The summed E-state index contributed by atoms with van der Waals surface area (Å²) < 4.78 is 5.81. The predicted octanol–water partition coefficient (Wildman–Crippen LogP) is 2.21. The third kappa shape index (κ3) is 2.28. The molecule has 0 bridgehead atoms. The van der Waals surface area contributed by atoms with E-state index in [-0.39, 0.29) is 34.7 Å². The number of carbonyl (C=O) groups is 2. The standard InChI is InChI=1S/C22H30O5/c1-20-8-6-14(24)10-13(20)4-5-15-16-7-9-22(27-3,18(26)12-23)21(16,2)11-17(25)19(15)20/h6,8,10,15-17,19,23,25H,4-5,7,9,11-12H2,1-3H3/t15-,16-,17-,19+,20-,21-,22-/m0/s1. The fourth-order valence-corrected chi connectivity index (χ4v) is 7.35. The van der Waals surface area contributed by atoms with E-state index in [9.17, 15) is 19.8 Å². The summed E-state index contributed by atoms with van der Waals surface area (Å²) in [5.41, 5.74) is -0.695. The molecule has 0 aromatic heterocycles. The van der Waals surface area contributed by atoms with Gasteiger partial charge in [-0.3, -0.25) is 9.59 Å². The van der Waals surface area contributed by atoms with E-state index in [1.54, 1.807) is 19.3 Å². The van der Waals surface area contributed by atoms with Crippen LogP contribution in [0.1, 0.15) is 46.0 Å². The first-order valence-electron chi connectivity index (χ1n) is 10.0. The van der Waals surface area contributed by atoms with Gasteiger partial charge in [0.05, 0.1) is 6.10 Å². The number of methoxy groups -OCH3 is 1. The second kappa shape index (κ2) is 6.10. The molecule has 0 aromatic rings. The minimum atomic E-state index is -1.02. The van der Waals surface area contributed by atoms with Crippen LogP contribution in [0.3, 0.4) is 0 Å². The summed E-state index contributed by atoms with van der Waals surface area (Å²) in [6, 6.07) is 0. The Balaban J connectivity index is 1.76. The number of allylic oxidation sites excluding steroid dienone is 4. The SMILES string of the molecule is CO[C@]1(C(=O)CO)CC[C@H]2[C@@H]3CCC4=CC(=O)C=C[C@]4(C)[C@H]3[C@@H](O)C[C@@]21C. The highest BCUT2D eigenvalue weighted by atomic mass is 16.5. The van der Waals surface area contributed by atoms with Gasteiger partial charge in [0.25, 0.3) is 0 Å². The monoisotopic (exact) mass is 374 g/mol. The molecule has 0 heterocycles. The topological polar surface area (TPSA) is 83.8 Å².